The molecule has 1 aromatic heterocycles. The van der Waals surface area contributed by atoms with Crippen LogP contribution in [0.15, 0.2) is 59.7 Å². The van der Waals surface area contributed by atoms with Crippen molar-refractivity contribution < 1.29 is 18.6 Å². The Hall–Kier alpha value is -3.28. The first kappa shape index (κ1) is 18.1. The van der Waals surface area contributed by atoms with Crippen molar-refractivity contribution >= 4 is 5.71 Å². The minimum Gasteiger partial charge on any atom is -0.493 e. The maximum atomic E-state index is 14.4. The van der Waals surface area contributed by atoms with Gasteiger partial charge in [0.1, 0.15) is 5.82 Å². The molecule has 1 unspecified atom stereocenters. The molecule has 0 spiro atoms. The lowest BCUT2D eigenvalue weighted by atomic mass is 10.00. The van der Waals surface area contributed by atoms with Gasteiger partial charge in [0.25, 0.3) is 0 Å². The lowest BCUT2D eigenvalue weighted by Crippen LogP contribution is -2.22. The van der Waals surface area contributed by atoms with Crippen molar-refractivity contribution in [2.24, 2.45) is 4.99 Å². The number of hydrogen-bond acceptors (Lipinski definition) is 4. The van der Waals surface area contributed by atoms with Gasteiger partial charge in [-0.3, -0.25) is 4.99 Å². The van der Waals surface area contributed by atoms with E-state index in [0.717, 1.165) is 17.0 Å². The minimum atomic E-state index is -0.324. The molecule has 0 saturated heterocycles. The van der Waals surface area contributed by atoms with Gasteiger partial charge < -0.3 is 18.8 Å². The van der Waals surface area contributed by atoms with Crippen molar-refractivity contribution in [2.45, 2.75) is 12.6 Å². The average Bonchev–Trinajstić information content (AvgIpc) is 3.21. The van der Waals surface area contributed by atoms with E-state index in [1.807, 2.05) is 36.5 Å². The Bertz CT molecular complexity index is 1020. The molecule has 144 valence electrons. The van der Waals surface area contributed by atoms with E-state index in [2.05, 4.69) is 4.57 Å². The van der Waals surface area contributed by atoms with Crippen LogP contribution in [0.25, 0.3) is 0 Å². The second kappa shape index (κ2) is 7.38. The number of halogens is 1. The van der Waals surface area contributed by atoms with Crippen molar-refractivity contribution in [1.82, 2.24) is 4.57 Å². The first-order valence-corrected chi connectivity index (χ1v) is 8.94. The molecule has 4 rings (SSSR count). The summed E-state index contributed by atoms with van der Waals surface area (Å²) in [5.74, 6) is 1.36. The number of rotatable bonds is 5. The standard InChI is InChI=1S/C22H21FN2O3/c1-26-19-11-14(12-20(27-2)22(19)28-3)21-18-9-6-10-25(18)13-17(24-21)15-7-4-5-8-16(15)23/h4-12,17H,13H2,1-3H3. The van der Waals surface area contributed by atoms with Gasteiger partial charge in [0.2, 0.25) is 5.75 Å². The van der Waals surface area contributed by atoms with Gasteiger partial charge in [-0.2, -0.15) is 0 Å². The van der Waals surface area contributed by atoms with E-state index in [1.165, 1.54) is 6.07 Å². The quantitative estimate of drug-likeness (QED) is 0.665. The molecule has 0 bridgehead atoms. The van der Waals surface area contributed by atoms with E-state index in [-0.39, 0.29) is 11.9 Å². The molecule has 5 nitrogen and oxygen atoms in total. The largest absolute Gasteiger partial charge is 0.493 e. The molecule has 2 aromatic carbocycles. The second-order valence-electron chi connectivity index (χ2n) is 6.47. The first-order chi connectivity index (χ1) is 13.7. The van der Waals surface area contributed by atoms with Crippen LogP contribution in [0.1, 0.15) is 22.9 Å². The van der Waals surface area contributed by atoms with Crippen molar-refractivity contribution in [3.8, 4) is 17.2 Å². The normalized spacial score (nSPS) is 15.6. The summed E-state index contributed by atoms with van der Waals surface area (Å²) in [7, 11) is 4.72. The van der Waals surface area contributed by atoms with Gasteiger partial charge in [0.15, 0.2) is 11.5 Å². The Labute approximate surface area is 163 Å². The third-order valence-electron chi connectivity index (χ3n) is 4.93. The molecule has 28 heavy (non-hydrogen) atoms. The van der Waals surface area contributed by atoms with Crippen LogP contribution in [-0.4, -0.2) is 31.6 Å². The predicted octanol–water partition coefficient (Wildman–Crippen LogP) is 4.25. The van der Waals surface area contributed by atoms with Gasteiger partial charge in [-0.1, -0.05) is 18.2 Å². The summed E-state index contributed by atoms with van der Waals surface area (Å²) in [6.45, 7) is 0.581. The molecular weight excluding hydrogens is 359 g/mol. The number of nitrogens with zero attached hydrogens (tertiary/aromatic N) is 2. The predicted molar refractivity (Wildman–Crippen MR) is 105 cm³/mol. The number of aromatic nitrogens is 1. The van der Waals surface area contributed by atoms with E-state index in [4.69, 9.17) is 19.2 Å². The molecule has 1 aliphatic heterocycles. The van der Waals surface area contributed by atoms with Crippen LogP contribution in [-0.2, 0) is 6.54 Å². The number of fused-ring (bicyclic) bond motifs is 1. The highest BCUT2D eigenvalue weighted by Crippen LogP contribution is 2.40. The first-order valence-electron chi connectivity index (χ1n) is 8.94. The van der Waals surface area contributed by atoms with Crippen molar-refractivity contribution in [3.63, 3.8) is 0 Å². The molecule has 0 aliphatic carbocycles. The zero-order valence-corrected chi connectivity index (χ0v) is 16.0. The van der Waals surface area contributed by atoms with Gasteiger partial charge in [0, 0.05) is 23.9 Å². The summed E-state index contributed by atoms with van der Waals surface area (Å²) in [5, 5.41) is 0. The summed E-state index contributed by atoms with van der Waals surface area (Å²) in [6.07, 6.45) is 1.98. The smallest absolute Gasteiger partial charge is 0.203 e. The third kappa shape index (κ3) is 3.01. The summed E-state index contributed by atoms with van der Waals surface area (Å²) in [4.78, 5) is 4.91. The number of hydrogen-bond donors (Lipinski definition) is 0. The zero-order valence-electron chi connectivity index (χ0n) is 16.0. The highest BCUT2D eigenvalue weighted by Gasteiger charge is 2.26. The topological polar surface area (TPSA) is 45.0 Å². The summed E-state index contributed by atoms with van der Waals surface area (Å²) in [6, 6.07) is 14.1. The Balaban J connectivity index is 1.88. The van der Waals surface area contributed by atoms with Gasteiger partial charge in [0.05, 0.1) is 38.8 Å². The lowest BCUT2D eigenvalue weighted by Gasteiger charge is -2.25. The number of aliphatic imine (C=N–C) groups is 1. The van der Waals surface area contributed by atoms with E-state index in [0.29, 0.717) is 29.4 Å². The molecule has 1 atom stereocenters. The maximum absolute atomic E-state index is 14.4. The van der Waals surface area contributed by atoms with Gasteiger partial charge in [-0.25, -0.2) is 4.39 Å². The Kier molecular flexibility index (Phi) is 4.77. The van der Waals surface area contributed by atoms with Gasteiger partial charge in [-0.15, -0.1) is 0 Å². The van der Waals surface area contributed by atoms with E-state index < -0.39 is 0 Å². The maximum Gasteiger partial charge on any atom is 0.203 e. The van der Waals surface area contributed by atoms with Gasteiger partial charge >= 0.3 is 0 Å². The molecule has 0 fully saturated rings. The van der Waals surface area contributed by atoms with Crippen LogP contribution in [0, 0.1) is 5.82 Å². The monoisotopic (exact) mass is 380 g/mol. The summed E-state index contributed by atoms with van der Waals surface area (Å²) in [5.41, 5.74) is 3.10. The van der Waals surface area contributed by atoms with Crippen molar-refractivity contribution in [2.75, 3.05) is 21.3 Å². The van der Waals surface area contributed by atoms with Crippen LogP contribution in [0.5, 0.6) is 17.2 Å². The fourth-order valence-corrected chi connectivity index (χ4v) is 3.59. The summed E-state index contributed by atoms with van der Waals surface area (Å²) >= 11 is 0. The lowest BCUT2D eigenvalue weighted by molar-refractivity contribution is 0.324. The molecule has 1 aliphatic rings. The van der Waals surface area contributed by atoms with Crippen LogP contribution in [0.3, 0.4) is 0 Å². The Morgan fingerprint density at radius 1 is 0.964 bits per heavy atom. The Morgan fingerprint density at radius 2 is 1.68 bits per heavy atom. The summed E-state index contributed by atoms with van der Waals surface area (Å²) < 4.78 is 32.9. The van der Waals surface area contributed by atoms with Gasteiger partial charge in [-0.05, 0) is 30.3 Å². The molecule has 0 amide bonds. The Morgan fingerprint density at radius 3 is 2.32 bits per heavy atom. The number of methoxy groups -OCH3 is 3. The molecule has 0 saturated carbocycles. The SMILES string of the molecule is COc1cc(C2=NC(c3ccccc3F)Cn3cccc32)cc(OC)c1OC. The molecule has 6 heteroatoms. The number of benzene rings is 2. The van der Waals surface area contributed by atoms with Crippen LogP contribution in [0.2, 0.25) is 0 Å². The van der Waals surface area contributed by atoms with Crippen LogP contribution >= 0.6 is 0 Å². The molecular formula is C22H21FN2O3. The molecule has 2 heterocycles. The van der Waals surface area contributed by atoms with E-state index >= 15 is 0 Å². The molecule has 0 radical (unpaired) electrons. The van der Waals surface area contributed by atoms with Crippen LogP contribution in [0.4, 0.5) is 4.39 Å². The fourth-order valence-electron chi connectivity index (χ4n) is 3.59. The third-order valence-corrected chi connectivity index (χ3v) is 4.93. The second-order valence-corrected chi connectivity index (χ2v) is 6.47. The van der Waals surface area contributed by atoms with E-state index in [1.54, 1.807) is 33.5 Å². The molecule has 0 N–H and O–H groups in total. The molecule has 3 aromatic rings. The van der Waals surface area contributed by atoms with E-state index in [9.17, 15) is 4.39 Å². The highest BCUT2D eigenvalue weighted by molar-refractivity contribution is 6.13. The average molecular weight is 380 g/mol. The van der Waals surface area contributed by atoms with Crippen LogP contribution < -0.4 is 14.2 Å². The minimum absolute atomic E-state index is 0.254. The zero-order chi connectivity index (χ0) is 19.7. The fraction of sp³-hybridized carbons (Fsp3) is 0.227. The van der Waals surface area contributed by atoms with Crippen molar-refractivity contribution in [1.29, 1.82) is 0 Å². The number of ether oxygens (including phenoxy) is 3. The highest BCUT2D eigenvalue weighted by atomic mass is 19.1. The van der Waals surface area contributed by atoms with Crippen molar-refractivity contribution in [3.05, 3.63) is 77.4 Å².